The van der Waals surface area contributed by atoms with Gasteiger partial charge in [-0.3, -0.25) is 0 Å². The summed E-state index contributed by atoms with van der Waals surface area (Å²) < 4.78 is 4.58. The van der Waals surface area contributed by atoms with Gasteiger partial charge < -0.3 is 4.74 Å². The highest BCUT2D eigenvalue weighted by molar-refractivity contribution is 5.82. The molecule has 0 aromatic rings. The van der Waals surface area contributed by atoms with E-state index in [1.807, 2.05) is 13.0 Å². The van der Waals surface area contributed by atoms with Gasteiger partial charge in [-0.25, -0.2) is 4.79 Å². The van der Waals surface area contributed by atoms with Gasteiger partial charge in [0.2, 0.25) is 0 Å². The number of esters is 1. The topological polar surface area (TPSA) is 26.3 Å². The third-order valence-electron chi connectivity index (χ3n) is 4.35. The molecule has 1 aliphatic rings. The Morgan fingerprint density at radius 2 is 1.70 bits per heavy atom. The maximum atomic E-state index is 11.1. The molecule has 0 heterocycles. The Kier molecular flexibility index (Phi) is 7.28. The molecule has 0 saturated carbocycles. The summed E-state index contributed by atoms with van der Waals surface area (Å²) in [6.45, 7) is 11.0. The van der Waals surface area contributed by atoms with E-state index < -0.39 is 0 Å². The van der Waals surface area contributed by atoms with Crippen LogP contribution in [0.15, 0.2) is 58.7 Å². The van der Waals surface area contributed by atoms with Gasteiger partial charge in [0.1, 0.15) is 0 Å². The van der Waals surface area contributed by atoms with Gasteiger partial charge in [0.25, 0.3) is 0 Å². The SMILES string of the molecule is COC(=O)C=CC(C)=CC=C(C)C=CC1=C(C)CCCC1(C)C. The van der Waals surface area contributed by atoms with Gasteiger partial charge in [-0.15, -0.1) is 0 Å². The quantitative estimate of drug-likeness (QED) is 0.370. The van der Waals surface area contributed by atoms with Crippen molar-refractivity contribution in [1.82, 2.24) is 0 Å². The fourth-order valence-electron chi connectivity index (χ4n) is 2.87. The van der Waals surface area contributed by atoms with E-state index >= 15 is 0 Å². The Labute approximate surface area is 141 Å². The van der Waals surface area contributed by atoms with Crippen LogP contribution >= 0.6 is 0 Å². The first-order valence-corrected chi connectivity index (χ1v) is 8.26. The molecule has 0 amide bonds. The molecule has 0 bridgehead atoms. The second kappa shape index (κ2) is 8.71. The summed E-state index contributed by atoms with van der Waals surface area (Å²) in [6.07, 6.45) is 15.5. The lowest BCUT2D eigenvalue weighted by atomic mass is 9.72. The number of methoxy groups -OCH3 is 1. The summed E-state index contributed by atoms with van der Waals surface area (Å²) >= 11 is 0. The maximum absolute atomic E-state index is 11.1. The Hall–Kier alpha value is -1.83. The van der Waals surface area contributed by atoms with Crippen LogP contribution in [0.4, 0.5) is 0 Å². The van der Waals surface area contributed by atoms with E-state index in [1.165, 1.54) is 49.2 Å². The first-order valence-electron chi connectivity index (χ1n) is 8.26. The van der Waals surface area contributed by atoms with Crippen molar-refractivity contribution in [2.24, 2.45) is 5.41 Å². The van der Waals surface area contributed by atoms with Crippen molar-refractivity contribution in [3.63, 3.8) is 0 Å². The maximum Gasteiger partial charge on any atom is 0.330 e. The first-order chi connectivity index (χ1) is 10.8. The largest absolute Gasteiger partial charge is 0.466 e. The molecule has 0 saturated heterocycles. The molecule has 0 radical (unpaired) electrons. The molecule has 0 aromatic heterocycles. The zero-order valence-corrected chi connectivity index (χ0v) is 15.4. The van der Waals surface area contributed by atoms with Crippen molar-refractivity contribution in [3.05, 3.63) is 58.7 Å². The van der Waals surface area contributed by atoms with Crippen LogP contribution in [0.3, 0.4) is 0 Å². The summed E-state index contributed by atoms with van der Waals surface area (Å²) in [5.74, 6) is -0.333. The molecule has 2 heteroatoms. The van der Waals surface area contributed by atoms with E-state index in [0.29, 0.717) is 0 Å². The molecule has 2 nitrogen and oxygen atoms in total. The lowest BCUT2D eigenvalue weighted by molar-refractivity contribution is -0.134. The second-order valence-corrected chi connectivity index (χ2v) is 6.94. The molecule has 0 fully saturated rings. The fourth-order valence-corrected chi connectivity index (χ4v) is 2.87. The molecular formula is C21H30O2. The Morgan fingerprint density at radius 3 is 2.26 bits per heavy atom. The lowest BCUT2D eigenvalue weighted by Crippen LogP contribution is -2.19. The molecule has 0 spiro atoms. The van der Waals surface area contributed by atoms with Gasteiger partial charge in [-0.05, 0) is 51.0 Å². The first kappa shape index (κ1) is 19.2. The van der Waals surface area contributed by atoms with Gasteiger partial charge in [0, 0.05) is 6.08 Å². The predicted octanol–water partition coefficient (Wildman–Crippen LogP) is 5.69. The van der Waals surface area contributed by atoms with Crippen molar-refractivity contribution in [2.45, 2.75) is 53.9 Å². The number of ether oxygens (including phenoxy) is 1. The number of allylic oxidation sites excluding steroid dienone is 9. The van der Waals surface area contributed by atoms with Crippen molar-refractivity contribution < 1.29 is 9.53 Å². The van der Waals surface area contributed by atoms with Crippen LogP contribution in [0.1, 0.15) is 53.9 Å². The molecule has 1 aliphatic carbocycles. The summed E-state index contributed by atoms with van der Waals surface area (Å²) in [5, 5.41) is 0. The van der Waals surface area contributed by atoms with Gasteiger partial charge in [-0.1, -0.05) is 60.9 Å². The van der Waals surface area contributed by atoms with Gasteiger partial charge in [0.05, 0.1) is 7.11 Å². The standard InChI is InChI=1S/C21H30O2/c1-16(9-10-17(2)12-14-20(22)23-6)11-13-19-18(3)8-7-15-21(19,4)5/h9-14H,7-8,15H2,1-6H3. The van der Waals surface area contributed by atoms with Crippen LogP contribution in [0.25, 0.3) is 0 Å². The normalized spacial score (nSPS) is 19.7. The molecule has 0 atom stereocenters. The van der Waals surface area contributed by atoms with E-state index in [0.717, 1.165) is 5.57 Å². The summed E-state index contributed by atoms with van der Waals surface area (Å²) in [7, 11) is 1.38. The minimum atomic E-state index is -0.333. The average Bonchev–Trinajstić information content (AvgIpc) is 2.49. The second-order valence-electron chi connectivity index (χ2n) is 6.94. The zero-order valence-electron chi connectivity index (χ0n) is 15.4. The van der Waals surface area contributed by atoms with Gasteiger partial charge in [0.15, 0.2) is 0 Å². The van der Waals surface area contributed by atoms with Crippen molar-refractivity contribution >= 4 is 5.97 Å². The predicted molar refractivity (Wildman–Crippen MR) is 98.1 cm³/mol. The van der Waals surface area contributed by atoms with Crippen LogP contribution in [0.2, 0.25) is 0 Å². The monoisotopic (exact) mass is 314 g/mol. The summed E-state index contributed by atoms with van der Waals surface area (Å²) in [6, 6.07) is 0. The van der Waals surface area contributed by atoms with Crippen LogP contribution in [0.5, 0.6) is 0 Å². The Balaban J connectivity index is 2.80. The van der Waals surface area contributed by atoms with Crippen LogP contribution in [-0.2, 0) is 9.53 Å². The molecule has 0 N–H and O–H groups in total. The minimum absolute atomic E-state index is 0.272. The Bertz CT molecular complexity index is 581. The minimum Gasteiger partial charge on any atom is -0.466 e. The van der Waals surface area contributed by atoms with Crippen LogP contribution in [0, 0.1) is 5.41 Å². The molecule has 0 aromatic carbocycles. The van der Waals surface area contributed by atoms with E-state index in [9.17, 15) is 4.79 Å². The van der Waals surface area contributed by atoms with Crippen molar-refractivity contribution in [3.8, 4) is 0 Å². The number of hydrogen-bond acceptors (Lipinski definition) is 2. The number of carbonyl (C=O) groups excluding carboxylic acids is 1. The van der Waals surface area contributed by atoms with E-state index in [1.54, 1.807) is 6.08 Å². The molecule has 0 aliphatic heterocycles. The Morgan fingerprint density at radius 1 is 1.09 bits per heavy atom. The zero-order chi connectivity index (χ0) is 17.5. The van der Waals surface area contributed by atoms with Gasteiger partial charge in [-0.2, -0.15) is 0 Å². The van der Waals surface area contributed by atoms with Crippen LogP contribution in [-0.4, -0.2) is 13.1 Å². The van der Waals surface area contributed by atoms with Gasteiger partial charge >= 0.3 is 5.97 Å². The highest BCUT2D eigenvalue weighted by Gasteiger charge is 2.26. The summed E-state index contributed by atoms with van der Waals surface area (Å²) in [5.41, 5.74) is 5.46. The molecule has 126 valence electrons. The van der Waals surface area contributed by atoms with E-state index in [2.05, 4.69) is 50.7 Å². The third-order valence-corrected chi connectivity index (χ3v) is 4.35. The average molecular weight is 314 g/mol. The van der Waals surface area contributed by atoms with Crippen molar-refractivity contribution in [2.75, 3.05) is 7.11 Å². The highest BCUT2D eigenvalue weighted by Crippen LogP contribution is 2.40. The molecule has 1 rings (SSSR count). The van der Waals surface area contributed by atoms with E-state index in [-0.39, 0.29) is 11.4 Å². The smallest absolute Gasteiger partial charge is 0.330 e. The van der Waals surface area contributed by atoms with Crippen molar-refractivity contribution in [1.29, 1.82) is 0 Å². The lowest BCUT2D eigenvalue weighted by Gasteiger charge is -2.32. The molecular weight excluding hydrogens is 284 g/mol. The number of rotatable bonds is 5. The molecule has 0 unspecified atom stereocenters. The number of hydrogen-bond donors (Lipinski definition) is 0. The fraction of sp³-hybridized carbons (Fsp3) is 0.476. The third kappa shape index (κ3) is 6.43. The number of carbonyl (C=O) groups is 1. The highest BCUT2D eigenvalue weighted by atomic mass is 16.5. The summed E-state index contributed by atoms with van der Waals surface area (Å²) in [4.78, 5) is 11.1. The molecule has 23 heavy (non-hydrogen) atoms. The van der Waals surface area contributed by atoms with E-state index in [4.69, 9.17) is 0 Å². The van der Waals surface area contributed by atoms with Crippen LogP contribution < -0.4 is 0 Å².